The normalized spacial score (nSPS) is 23.3. The molecule has 1 aromatic carbocycles. The molecule has 6 heteroatoms. The number of benzene rings is 1. The third-order valence-electron chi connectivity index (χ3n) is 4.06. The van der Waals surface area contributed by atoms with E-state index in [2.05, 4.69) is 13.2 Å². The average molecular weight is 321 g/mol. The first-order chi connectivity index (χ1) is 10.1. The summed E-state index contributed by atoms with van der Waals surface area (Å²) >= 11 is 0. The SMILES string of the molecule is C=C[C@@H](C)[C@]1(C)OC(=O)N(S(=O)(=O)c2ccc(C)cc2)C1=C. The molecule has 0 unspecified atom stereocenters. The van der Waals surface area contributed by atoms with Gasteiger partial charge in [0.1, 0.15) is 0 Å². The van der Waals surface area contributed by atoms with Gasteiger partial charge in [0.25, 0.3) is 10.0 Å². The highest BCUT2D eigenvalue weighted by Crippen LogP contribution is 2.41. The predicted octanol–water partition coefficient (Wildman–Crippen LogP) is 3.23. The van der Waals surface area contributed by atoms with Gasteiger partial charge in [-0.1, -0.05) is 37.3 Å². The summed E-state index contributed by atoms with van der Waals surface area (Å²) in [7, 11) is -4.04. The van der Waals surface area contributed by atoms with Gasteiger partial charge in [0.15, 0.2) is 5.60 Å². The van der Waals surface area contributed by atoms with Crippen LogP contribution in [0.15, 0.2) is 54.1 Å². The van der Waals surface area contributed by atoms with Gasteiger partial charge in [-0.25, -0.2) is 13.2 Å². The van der Waals surface area contributed by atoms with Gasteiger partial charge in [-0.05, 0) is 26.0 Å². The lowest BCUT2D eigenvalue weighted by molar-refractivity contribution is 0.0579. The third kappa shape index (κ3) is 2.33. The molecule has 5 nitrogen and oxygen atoms in total. The van der Waals surface area contributed by atoms with Crippen LogP contribution in [-0.4, -0.2) is 24.4 Å². The number of hydrogen-bond donors (Lipinski definition) is 0. The van der Waals surface area contributed by atoms with Crippen molar-refractivity contribution < 1.29 is 17.9 Å². The first-order valence-electron chi connectivity index (χ1n) is 6.81. The number of carbonyl (C=O) groups excluding carboxylic acids is 1. The van der Waals surface area contributed by atoms with Gasteiger partial charge in [-0.3, -0.25) is 0 Å². The zero-order valence-electron chi connectivity index (χ0n) is 12.9. The Balaban J connectivity index is 2.48. The van der Waals surface area contributed by atoms with Crippen LogP contribution in [0.25, 0.3) is 0 Å². The molecule has 1 aliphatic heterocycles. The molecule has 2 atom stereocenters. The van der Waals surface area contributed by atoms with Crippen molar-refractivity contribution in [1.82, 2.24) is 4.31 Å². The summed E-state index contributed by atoms with van der Waals surface area (Å²) in [6.45, 7) is 12.7. The van der Waals surface area contributed by atoms with Crippen LogP contribution in [0.5, 0.6) is 0 Å². The molecule has 0 N–H and O–H groups in total. The van der Waals surface area contributed by atoms with E-state index >= 15 is 0 Å². The van der Waals surface area contributed by atoms with E-state index in [4.69, 9.17) is 4.74 Å². The molecule has 0 radical (unpaired) electrons. The van der Waals surface area contributed by atoms with E-state index in [1.807, 2.05) is 6.92 Å². The summed E-state index contributed by atoms with van der Waals surface area (Å²) in [5, 5.41) is 0. The summed E-state index contributed by atoms with van der Waals surface area (Å²) in [5.74, 6) is -0.276. The number of aryl methyl sites for hydroxylation is 1. The Morgan fingerprint density at radius 2 is 1.86 bits per heavy atom. The van der Waals surface area contributed by atoms with Gasteiger partial charge >= 0.3 is 6.09 Å². The van der Waals surface area contributed by atoms with E-state index in [0.29, 0.717) is 4.31 Å². The van der Waals surface area contributed by atoms with Gasteiger partial charge in [-0.15, -0.1) is 6.58 Å². The van der Waals surface area contributed by atoms with E-state index in [1.54, 1.807) is 32.1 Å². The van der Waals surface area contributed by atoms with Gasteiger partial charge in [0.05, 0.1) is 10.6 Å². The van der Waals surface area contributed by atoms with Gasteiger partial charge in [0.2, 0.25) is 0 Å². The quantitative estimate of drug-likeness (QED) is 0.799. The van der Waals surface area contributed by atoms with Crippen molar-refractivity contribution in [3.05, 3.63) is 54.8 Å². The van der Waals surface area contributed by atoms with E-state index in [-0.39, 0.29) is 16.5 Å². The average Bonchev–Trinajstić information content (AvgIpc) is 2.69. The zero-order chi connectivity index (χ0) is 16.7. The summed E-state index contributed by atoms with van der Waals surface area (Å²) in [4.78, 5) is 12.2. The molecule has 0 spiro atoms. The van der Waals surface area contributed by atoms with Crippen molar-refractivity contribution in [2.24, 2.45) is 5.92 Å². The fourth-order valence-corrected chi connectivity index (χ4v) is 3.63. The molecule has 1 heterocycles. The molecule has 118 valence electrons. The number of cyclic esters (lactones) is 1. The van der Waals surface area contributed by atoms with Crippen LogP contribution in [-0.2, 0) is 14.8 Å². The number of rotatable bonds is 4. The highest BCUT2D eigenvalue weighted by molar-refractivity contribution is 7.89. The topological polar surface area (TPSA) is 63.7 Å². The van der Waals surface area contributed by atoms with Crippen LogP contribution >= 0.6 is 0 Å². The maximum atomic E-state index is 12.7. The molecular formula is C16H19NO4S. The minimum Gasteiger partial charge on any atom is -0.435 e. The molecule has 1 amide bonds. The van der Waals surface area contributed by atoms with Gasteiger partial charge in [0, 0.05) is 5.92 Å². The van der Waals surface area contributed by atoms with Gasteiger partial charge in [-0.2, -0.15) is 4.31 Å². The van der Waals surface area contributed by atoms with E-state index < -0.39 is 21.7 Å². The lowest BCUT2D eigenvalue weighted by Crippen LogP contribution is -2.36. The molecule has 22 heavy (non-hydrogen) atoms. The van der Waals surface area contributed by atoms with Gasteiger partial charge < -0.3 is 4.74 Å². The fraction of sp³-hybridized carbons (Fsp3) is 0.312. The summed E-state index contributed by atoms with van der Waals surface area (Å²) in [6.07, 6.45) is 0.655. The van der Waals surface area contributed by atoms with E-state index in [9.17, 15) is 13.2 Å². The molecule has 0 aromatic heterocycles. The number of sulfonamides is 1. The molecule has 1 aliphatic rings. The van der Waals surface area contributed by atoms with E-state index in [0.717, 1.165) is 5.56 Å². The second-order valence-corrected chi connectivity index (χ2v) is 7.32. The van der Waals surface area contributed by atoms with Crippen molar-refractivity contribution in [3.63, 3.8) is 0 Å². The van der Waals surface area contributed by atoms with Crippen molar-refractivity contribution in [2.75, 3.05) is 0 Å². The molecule has 0 aliphatic carbocycles. The number of nitrogens with zero attached hydrogens (tertiary/aromatic N) is 1. The first-order valence-corrected chi connectivity index (χ1v) is 8.25. The first kappa shape index (κ1) is 16.3. The summed E-state index contributed by atoms with van der Waals surface area (Å²) < 4.78 is 31.3. The molecule has 1 saturated heterocycles. The predicted molar refractivity (Wildman–Crippen MR) is 83.6 cm³/mol. The number of hydrogen-bond acceptors (Lipinski definition) is 4. The second-order valence-electron chi connectivity index (χ2n) is 5.53. The van der Waals surface area contributed by atoms with Crippen molar-refractivity contribution >= 4 is 16.1 Å². The molecule has 0 bridgehead atoms. The van der Waals surface area contributed by atoms with Crippen molar-refractivity contribution in [2.45, 2.75) is 31.3 Å². The van der Waals surface area contributed by atoms with Crippen LogP contribution in [0.4, 0.5) is 4.79 Å². The Kier molecular flexibility index (Phi) is 3.91. The monoisotopic (exact) mass is 321 g/mol. The fourth-order valence-electron chi connectivity index (χ4n) is 2.23. The zero-order valence-corrected chi connectivity index (χ0v) is 13.7. The minimum atomic E-state index is -4.04. The summed E-state index contributed by atoms with van der Waals surface area (Å²) in [6, 6.07) is 6.25. The van der Waals surface area contributed by atoms with Crippen LogP contribution in [0, 0.1) is 12.8 Å². The Bertz CT molecular complexity index is 736. The van der Waals surface area contributed by atoms with Crippen LogP contribution in [0.3, 0.4) is 0 Å². The highest BCUT2D eigenvalue weighted by Gasteiger charge is 2.53. The third-order valence-corrected chi connectivity index (χ3v) is 5.78. The Labute approximate surface area is 130 Å². The second kappa shape index (κ2) is 5.28. The molecule has 1 fully saturated rings. The Morgan fingerprint density at radius 3 is 2.36 bits per heavy atom. The Hall–Kier alpha value is -2.08. The summed E-state index contributed by atoms with van der Waals surface area (Å²) in [5.41, 5.74) is -0.117. The van der Waals surface area contributed by atoms with E-state index in [1.165, 1.54) is 12.1 Å². The standard InChI is InChI=1S/C16H19NO4S/c1-6-12(3)16(5)13(4)17(15(18)21-16)22(19,20)14-9-7-11(2)8-10-14/h6-10,12H,1,4H2,2-3,5H3/t12-,16+/m1/s1. The number of carbonyl (C=O) groups is 1. The van der Waals surface area contributed by atoms with Crippen molar-refractivity contribution in [3.8, 4) is 0 Å². The largest absolute Gasteiger partial charge is 0.435 e. The Morgan fingerprint density at radius 1 is 1.32 bits per heavy atom. The van der Waals surface area contributed by atoms with Crippen LogP contribution < -0.4 is 0 Å². The number of amides is 1. The smallest absolute Gasteiger partial charge is 0.429 e. The lowest BCUT2D eigenvalue weighted by atomic mass is 9.89. The van der Waals surface area contributed by atoms with Crippen molar-refractivity contribution in [1.29, 1.82) is 0 Å². The molecule has 0 saturated carbocycles. The molecule has 2 rings (SSSR count). The molecule has 1 aromatic rings. The minimum absolute atomic E-state index is 0.0201. The maximum absolute atomic E-state index is 12.7. The number of ether oxygens (including phenoxy) is 1. The van der Waals surface area contributed by atoms with Crippen LogP contribution in [0.1, 0.15) is 19.4 Å². The highest BCUT2D eigenvalue weighted by atomic mass is 32.2. The van der Waals surface area contributed by atoms with Crippen LogP contribution in [0.2, 0.25) is 0 Å². The molecular weight excluding hydrogens is 302 g/mol. The lowest BCUT2D eigenvalue weighted by Gasteiger charge is -2.28. The maximum Gasteiger partial charge on any atom is 0.429 e.